The summed E-state index contributed by atoms with van der Waals surface area (Å²) in [7, 11) is 7.62. The second kappa shape index (κ2) is 12.5. The van der Waals surface area contributed by atoms with Crippen molar-refractivity contribution in [1.29, 1.82) is 0 Å². The molecule has 3 rings (SSSR count). The van der Waals surface area contributed by atoms with Gasteiger partial charge in [0, 0.05) is 62.5 Å². The Balaban J connectivity index is 0.00000187. The molecule has 180 valence electrons. The van der Waals surface area contributed by atoms with Gasteiger partial charge < -0.3 is 14.4 Å². The minimum atomic E-state index is 0.410. The van der Waals surface area contributed by atoms with E-state index in [0.717, 1.165) is 71.1 Å². The Bertz CT molecular complexity index is 1030. The number of allylic oxidation sites excluding steroid dienone is 2. The molecule has 1 saturated heterocycles. The van der Waals surface area contributed by atoms with Crippen molar-refractivity contribution in [1.82, 2.24) is 9.88 Å². The molecule has 0 N–H and O–H groups in total. The molecule has 0 aliphatic carbocycles. The molecule has 33 heavy (non-hydrogen) atoms. The number of aromatic nitrogens is 1. The molecular weight excluding hydrogens is 412 g/mol. The standard InChI is InChI=1S/C25H34N4O2.C2H6/c1-16(2)24(17(3)26-4)21-14-22-19(13-23(21)30-7)12-20(15-27-22)28-25(29(5)6)18-8-10-31-11-9-18;1-2/h12-15,18H,8-11H2,1-7H3;1-2H3. The van der Waals surface area contributed by atoms with Gasteiger partial charge in [0.05, 0.1) is 24.5 Å². The Hall–Kier alpha value is -2.73. The highest BCUT2D eigenvalue weighted by Crippen LogP contribution is 2.34. The van der Waals surface area contributed by atoms with Gasteiger partial charge in [0.1, 0.15) is 11.6 Å². The van der Waals surface area contributed by atoms with Crippen molar-refractivity contribution in [2.24, 2.45) is 15.9 Å². The van der Waals surface area contributed by atoms with Crippen molar-refractivity contribution >= 4 is 33.7 Å². The number of amidine groups is 1. The van der Waals surface area contributed by atoms with Gasteiger partial charge in [-0.25, -0.2) is 4.99 Å². The van der Waals surface area contributed by atoms with Crippen molar-refractivity contribution in [2.45, 2.75) is 47.5 Å². The third-order valence-corrected chi connectivity index (χ3v) is 5.74. The monoisotopic (exact) mass is 452 g/mol. The number of rotatable bonds is 5. The summed E-state index contributed by atoms with van der Waals surface area (Å²) in [6.45, 7) is 11.8. The lowest BCUT2D eigenvalue weighted by Gasteiger charge is -2.28. The fourth-order valence-electron chi connectivity index (χ4n) is 4.15. The summed E-state index contributed by atoms with van der Waals surface area (Å²) in [4.78, 5) is 16.2. The first-order valence-corrected chi connectivity index (χ1v) is 11.8. The van der Waals surface area contributed by atoms with Gasteiger partial charge in [-0.15, -0.1) is 0 Å². The SMILES string of the molecule is CC.CN=C(C)C(=C(C)C)c1cc2ncc(N=C(C3CCOCC3)N(C)C)cc2cc1OC. The lowest BCUT2D eigenvalue weighted by Crippen LogP contribution is -2.33. The van der Waals surface area contributed by atoms with E-state index in [2.05, 4.69) is 50.0 Å². The zero-order valence-electron chi connectivity index (χ0n) is 21.8. The van der Waals surface area contributed by atoms with Crippen molar-refractivity contribution in [3.8, 4) is 5.75 Å². The lowest BCUT2D eigenvalue weighted by molar-refractivity contribution is 0.0806. The molecule has 0 bridgehead atoms. The maximum atomic E-state index is 5.76. The quantitative estimate of drug-likeness (QED) is 0.402. The summed E-state index contributed by atoms with van der Waals surface area (Å²) in [6, 6.07) is 6.22. The summed E-state index contributed by atoms with van der Waals surface area (Å²) in [6.07, 6.45) is 3.85. The molecule has 1 aliphatic rings. The lowest BCUT2D eigenvalue weighted by atomic mass is 9.95. The predicted octanol–water partition coefficient (Wildman–Crippen LogP) is 6.17. The van der Waals surface area contributed by atoms with E-state index in [4.69, 9.17) is 19.5 Å². The Morgan fingerprint density at radius 1 is 1.09 bits per heavy atom. The summed E-state index contributed by atoms with van der Waals surface area (Å²) in [5, 5.41) is 1.01. The zero-order chi connectivity index (χ0) is 24.5. The smallest absolute Gasteiger partial charge is 0.127 e. The number of ether oxygens (including phenoxy) is 2. The van der Waals surface area contributed by atoms with Gasteiger partial charge in [0.2, 0.25) is 0 Å². The number of nitrogens with zero attached hydrogens (tertiary/aromatic N) is 4. The second-order valence-corrected chi connectivity index (χ2v) is 8.37. The van der Waals surface area contributed by atoms with Crippen LogP contribution >= 0.6 is 0 Å². The number of fused-ring (bicyclic) bond motifs is 1. The van der Waals surface area contributed by atoms with Gasteiger partial charge in [0.25, 0.3) is 0 Å². The Labute approximate surface area is 199 Å². The molecule has 6 heteroatoms. The van der Waals surface area contributed by atoms with Crippen LogP contribution in [0.25, 0.3) is 16.5 Å². The third kappa shape index (κ3) is 6.41. The topological polar surface area (TPSA) is 59.3 Å². The van der Waals surface area contributed by atoms with Crippen LogP contribution in [-0.4, -0.2) is 62.9 Å². The average molecular weight is 453 g/mol. The highest BCUT2D eigenvalue weighted by atomic mass is 16.5. The molecule has 6 nitrogen and oxygen atoms in total. The van der Waals surface area contributed by atoms with E-state index in [0.29, 0.717) is 5.92 Å². The van der Waals surface area contributed by atoms with E-state index in [1.807, 2.05) is 40.1 Å². The molecular formula is C27H40N4O2. The normalized spacial score (nSPS) is 15.1. The Kier molecular flexibility index (Phi) is 10.0. The van der Waals surface area contributed by atoms with E-state index in [9.17, 15) is 0 Å². The van der Waals surface area contributed by atoms with Crippen LogP contribution < -0.4 is 4.74 Å². The fourth-order valence-corrected chi connectivity index (χ4v) is 4.15. The molecule has 1 fully saturated rings. The largest absolute Gasteiger partial charge is 0.496 e. The molecule has 1 aromatic carbocycles. The van der Waals surface area contributed by atoms with E-state index in [-0.39, 0.29) is 0 Å². The van der Waals surface area contributed by atoms with Crippen molar-refractivity contribution in [3.63, 3.8) is 0 Å². The third-order valence-electron chi connectivity index (χ3n) is 5.74. The van der Waals surface area contributed by atoms with Crippen LogP contribution in [0.5, 0.6) is 5.75 Å². The van der Waals surface area contributed by atoms with E-state index in [1.54, 1.807) is 7.11 Å². The molecule has 0 unspecified atom stereocenters. The van der Waals surface area contributed by atoms with Crippen LogP contribution in [0.1, 0.15) is 53.0 Å². The molecule has 0 radical (unpaired) electrons. The van der Waals surface area contributed by atoms with Gasteiger partial charge in [-0.3, -0.25) is 9.98 Å². The molecule has 2 heterocycles. The van der Waals surface area contributed by atoms with Crippen LogP contribution in [-0.2, 0) is 4.74 Å². The van der Waals surface area contributed by atoms with Gasteiger partial charge in [-0.05, 0) is 51.8 Å². The van der Waals surface area contributed by atoms with Crippen molar-refractivity contribution in [3.05, 3.63) is 35.5 Å². The summed E-state index contributed by atoms with van der Waals surface area (Å²) in [5.41, 5.74) is 6.04. The van der Waals surface area contributed by atoms with Crippen molar-refractivity contribution < 1.29 is 9.47 Å². The molecule has 0 spiro atoms. The first kappa shape index (κ1) is 26.5. The van der Waals surface area contributed by atoms with Crippen LogP contribution in [0.2, 0.25) is 0 Å². The number of hydrogen-bond donors (Lipinski definition) is 0. The highest BCUT2D eigenvalue weighted by molar-refractivity contribution is 6.24. The molecule has 1 aromatic heterocycles. The molecule has 1 aliphatic heterocycles. The number of benzene rings is 1. The van der Waals surface area contributed by atoms with Crippen molar-refractivity contribution in [2.75, 3.05) is 41.5 Å². The van der Waals surface area contributed by atoms with Crippen LogP contribution in [0, 0.1) is 5.92 Å². The second-order valence-electron chi connectivity index (χ2n) is 8.37. The summed E-state index contributed by atoms with van der Waals surface area (Å²) >= 11 is 0. The number of methoxy groups -OCH3 is 1. The zero-order valence-corrected chi connectivity index (χ0v) is 21.8. The predicted molar refractivity (Wildman–Crippen MR) is 141 cm³/mol. The van der Waals surface area contributed by atoms with Gasteiger partial charge in [0.15, 0.2) is 0 Å². The maximum Gasteiger partial charge on any atom is 0.127 e. The Morgan fingerprint density at radius 2 is 1.76 bits per heavy atom. The maximum absolute atomic E-state index is 5.76. The first-order valence-electron chi connectivity index (χ1n) is 11.8. The molecule has 0 saturated carbocycles. The number of hydrogen-bond acceptors (Lipinski definition) is 5. The minimum absolute atomic E-state index is 0.410. The minimum Gasteiger partial charge on any atom is -0.496 e. The Morgan fingerprint density at radius 3 is 2.30 bits per heavy atom. The molecule has 0 amide bonds. The van der Waals surface area contributed by atoms with Crippen LogP contribution in [0.15, 0.2) is 40.0 Å². The van der Waals surface area contributed by atoms with Crippen LogP contribution in [0.3, 0.4) is 0 Å². The number of pyridine rings is 1. The van der Waals surface area contributed by atoms with Crippen LogP contribution in [0.4, 0.5) is 5.69 Å². The van der Waals surface area contributed by atoms with E-state index in [1.165, 1.54) is 5.57 Å². The highest BCUT2D eigenvalue weighted by Gasteiger charge is 2.21. The van der Waals surface area contributed by atoms with Gasteiger partial charge >= 0.3 is 0 Å². The molecule has 0 atom stereocenters. The van der Waals surface area contributed by atoms with E-state index < -0.39 is 0 Å². The summed E-state index contributed by atoms with van der Waals surface area (Å²) < 4.78 is 11.3. The number of aliphatic imine (C=N–C) groups is 2. The first-order chi connectivity index (χ1) is 15.8. The average Bonchev–Trinajstić information content (AvgIpc) is 2.83. The van der Waals surface area contributed by atoms with E-state index >= 15 is 0 Å². The van der Waals surface area contributed by atoms with Gasteiger partial charge in [-0.2, -0.15) is 0 Å². The van der Waals surface area contributed by atoms with Gasteiger partial charge in [-0.1, -0.05) is 19.4 Å². The summed E-state index contributed by atoms with van der Waals surface area (Å²) in [5.74, 6) is 2.30. The molecule has 2 aromatic rings. The fraction of sp³-hybridized carbons (Fsp3) is 0.519.